The zero-order valence-electron chi connectivity index (χ0n) is 8.45. The molecular formula is C9H17NO3. The van der Waals surface area contributed by atoms with E-state index in [4.69, 9.17) is 9.47 Å². The number of carbonyl (C=O) groups is 1. The number of nitrogens with zero attached hydrogens (tertiary/aromatic N) is 1. The lowest BCUT2D eigenvalue weighted by Crippen LogP contribution is -2.52. The zero-order chi connectivity index (χ0) is 9.84. The van der Waals surface area contributed by atoms with Crippen molar-refractivity contribution in [1.29, 1.82) is 0 Å². The Morgan fingerprint density at radius 3 is 2.46 bits per heavy atom. The van der Waals surface area contributed by atoms with E-state index in [9.17, 15) is 4.79 Å². The largest absolute Gasteiger partial charge is 0.450 e. The van der Waals surface area contributed by atoms with Crippen molar-refractivity contribution in [1.82, 2.24) is 4.90 Å². The molecule has 0 unspecified atom stereocenters. The number of amides is 1. The van der Waals surface area contributed by atoms with Crippen molar-refractivity contribution >= 4 is 6.09 Å². The van der Waals surface area contributed by atoms with Gasteiger partial charge in [-0.05, 0) is 20.8 Å². The first-order valence-electron chi connectivity index (χ1n) is 4.69. The van der Waals surface area contributed by atoms with Gasteiger partial charge in [-0.3, -0.25) is 4.90 Å². The summed E-state index contributed by atoms with van der Waals surface area (Å²) in [6.07, 6.45) is -0.231. The van der Waals surface area contributed by atoms with E-state index in [2.05, 4.69) is 0 Å². The van der Waals surface area contributed by atoms with Crippen LogP contribution in [-0.4, -0.2) is 42.9 Å². The lowest BCUT2D eigenvalue weighted by Gasteiger charge is -2.37. The molecular weight excluding hydrogens is 170 g/mol. The molecule has 1 aliphatic rings. The van der Waals surface area contributed by atoms with Crippen LogP contribution in [-0.2, 0) is 9.47 Å². The molecule has 1 heterocycles. The van der Waals surface area contributed by atoms with Crippen molar-refractivity contribution in [3.8, 4) is 0 Å². The maximum Gasteiger partial charge on any atom is 0.410 e. The van der Waals surface area contributed by atoms with Crippen molar-refractivity contribution in [2.45, 2.75) is 32.9 Å². The van der Waals surface area contributed by atoms with Gasteiger partial charge in [-0.15, -0.1) is 0 Å². The molecule has 1 aliphatic heterocycles. The van der Waals surface area contributed by atoms with Crippen molar-refractivity contribution in [2.24, 2.45) is 0 Å². The highest BCUT2D eigenvalue weighted by molar-refractivity contribution is 5.68. The molecule has 0 spiro atoms. The van der Waals surface area contributed by atoms with E-state index in [-0.39, 0.29) is 18.2 Å². The average Bonchev–Trinajstić information content (AvgIpc) is 2.04. The average molecular weight is 187 g/mol. The van der Waals surface area contributed by atoms with Crippen molar-refractivity contribution < 1.29 is 14.3 Å². The van der Waals surface area contributed by atoms with Gasteiger partial charge in [0.25, 0.3) is 0 Å². The van der Waals surface area contributed by atoms with Crippen LogP contribution in [0.1, 0.15) is 20.8 Å². The summed E-state index contributed by atoms with van der Waals surface area (Å²) in [7, 11) is 0. The Bertz CT molecular complexity index is 174. The van der Waals surface area contributed by atoms with Gasteiger partial charge in [0.15, 0.2) is 0 Å². The predicted octanol–water partition coefficient (Wildman–Crippen LogP) is 1.25. The topological polar surface area (TPSA) is 38.8 Å². The van der Waals surface area contributed by atoms with Crippen LogP contribution in [0.2, 0.25) is 0 Å². The summed E-state index contributed by atoms with van der Waals surface area (Å²) in [6, 6.07) is 0.227. The minimum Gasteiger partial charge on any atom is -0.450 e. The van der Waals surface area contributed by atoms with E-state index in [0.717, 1.165) is 0 Å². The van der Waals surface area contributed by atoms with Gasteiger partial charge in [0.05, 0.1) is 31.9 Å². The second-order valence-electron chi connectivity index (χ2n) is 3.34. The van der Waals surface area contributed by atoms with E-state index < -0.39 is 0 Å². The second-order valence-corrected chi connectivity index (χ2v) is 3.34. The standard InChI is InChI=1S/C9H17NO3/c1-4-13-9(11)10-7(2)5-12-6-8(10)3/h7-8H,4-6H2,1-3H3/t7-,8-/m1/s1. The highest BCUT2D eigenvalue weighted by Gasteiger charge is 2.30. The first-order valence-corrected chi connectivity index (χ1v) is 4.69. The molecule has 1 saturated heterocycles. The monoisotopic (exact) mass is 187 g/mol. The van der Waals surface area contributed by atoms with Crippen LogP contribution < -0.4 is 0 Å². The maximum atomic E-state index is 11.5. The van der Waals surface area contributed by atoms with Crippen molar-refractivity contribution in [3.63, 3.8) is 0 Å². The van der Waals surface area contributed by atoms with Crippen molar-refractivity contribution in [2.75, 3.05) is 19.8 Å². The van der Waals surface area contributed by atoms with E-state index in [1.165, 1.54) is 0 Å². The van der Waals surface area contributed by atoms with E-state index in [1.54, 1.807) is 4.90 Å². The number of carbonyl (C=O) groups excluding carboxylic acids is 1. The van der Waals surface area contributed by atoms with Gasteiger partial charge in [0, 0.05) is 0 Å². The van der Waals surface area contributed by atoms with Gasteiger partial charge in [-0.2, -0.15) is 0 Å². The van der Waals surface area contributed by atoms with Crippen LogP contribution in [0, 0.1) is 0 Å². The third-order valence-electron chi connectivity index (χ3n) is 2.15. The van der Waals surface area contributed by atoms with Gasteiger partial charge in [0.2, 0.25) is 0 Å². The summed E-state index contributed by atoms with van der Waals surface area (Å²) in [6.45, 7) is 7.37. The molecule has 0 aromatic heterocycles. The summed E-state index contributed by atoms with van der Waals surface area (Å²) < 4.78 is 10.3. The number of hydrogen-bond acceptors (Lipinski definition) is 3. The lowest BCUT2D eigenvalue weighted by molar-refractivity contribution is -0.0324. The molecule has 0 N–H and O–H groups in total. The molecule has 0 radical (unpaired) electrons. The first kappa shape index (κ1) is 10.3. The molecule has 0 aromatic carbocycles. The molecule has 4 heteroatoms. The first-order chi connectivity index (χ1) is 6.16. The molecule has 13 heavy (non-hydrogen) atoms. The van der Waals surface area contributed by atoms with Crippen LogP contribution in [0.25, 0.3) is 0 Å². The van der Waals surface area contributed by atoms with Gasteiger partial charge in [-0.1, -0.05) is 0 Å². The fourth-order valence-electron chi connectivity index (χ4n) is 1.56. The fourth-order valence-corrected chi connectivity index (χ4v) is 1.56. The summed E-state index contributed by atoms with van der Waals surface area (Å²) in [5.74, 6) is 0. The van der Waals surface area contributed by atoms with Crippen LogP contribution in [0.3, 0.4) is 0 Å². The Hall–Kier alpha value is -0.770. The zero-order valence-corrected chi connectivity index (χ0v) is 8.45. The van der Waals surface area contributed by atoms with Gasteiger partial charge >= 0.3 is 6.09 Å². The Balaban J connectivity index is 2.57. The van der Waals surface area contributed by atoms with Crippen LogP contribution in [0.4, 0.5) is 4.79 Å². The summed E-state index contributed by atoms with van der Waals surface area (Å²) in [5.41, 5.74) is 0. The number of rotatable bonds is 1. The molecule has 0 bridgehead atoms. The van der Waals surface area contributed by atoms with Gasteiger partial charge in [0.1, 0.15) is 0 Å². The smallest absolute Gasteiger partial charge is 0.410 e. The molecule has 4 nitrogen and oxygen atoms in total. The molecule has 0 aromatic rings. The minimum atomic E-state index is -0.231. The third-order valence-corrected chi connectivity index (χ3v) is 2.15. The minimum absolute atomic E-state index is 0.114. The molecule has 1 amide bonds. The quantitative estimate of drug-likeness (QED) is 0.620. The van der Waals surface area contributed by atoms with Crippen LogP contribution >= 0.6 is 0 Å². The summed E-state index contributed by atoms with van der Waals surface area (Å²) in [5, 5.41) is 0. The Kier molecular flexibility index (Phi) is 3.54. The normalized spacial score (nSPS) is 28.7. The van der Waals surface area contributed by atoms with E-state index in [0.29, 0.717) is 19.8 Å². The Morgan fingerprint density at radius 1 is 1.46 bits per heavy atom. The molecule has 76 valence electrons. The molecule has 0 saturated carbocycles. The van der Waals surface area contributed by atoms with Gasteiger partial charge < -0.3 is 9.47 Å². The Morgan fingerprint density at radius 2 is 2.00 bits per heavy atom. The van der Waals surface area contributed by atoms with Gasteiger partial charge in [-0.25, -0.2) is 4.79 Å². The highest BCUT2D eigenvalue weighted by Crippen LogP contribution is 2.14. The maximum absolute atomic E-state index is 11.5. The highest BCUT2D eigenvalue weighted by atomic mass is 16.6. The van der Waals surface area contributed by atoms with Crippen LogP contribution in [0.5, 0.6) is 0 Å². The van der Waals surface area contributed by atoms with Crippen molar-refractivity contribution in [3.05, 3.63) is 0 Å². The number of hydrogen-bond donors (Lipinski definition) is 0. The van der Waals surface area contributed by atoms with Crippen LogP contribution in [0.15, 0.2) is 0 Å². The Labute approximate surface area is 78.8 Å². The van der Waals surface area contributed by atoms with E-state index >= 15 is 0 Å². The number of morpholine rings is 1. The number of ether oxygens (including phenoxy) is 2. The summed E-state index contributed by atoms with van der Waals surface area (Å²) >= 11 is 0. The predicted molar refractivity (Wildman–Crippen MR) is 48.6 cm³/mol. The SMILES string of the molecule is CCOC(=O)N1[C@H](C)COC[C@H]1C. The summed E-state index contributed by atoms with van der Waals surface area (Å²) in [4.78, 5) is 13.2. The fraction of sp³-hybridized carbons (Fsp3) is 0.889. The van der Waals surface area contributed by atoms with E-state index in [1.807, 2.05) is 20.8 Å². The molecule has 0 aliphatic carbocycles. The molecule has 2 atom stereocenters. The third kappa shape index (κ3) is 2.34. The second kappa shape index (κ2) is 4.46. The molecule has 1 fully saturated rings. The molecule has 1 rings (SSSR count). The lowest BCUT2D eigenvalue weighted by atomic mass is 10.2.